The quantitative estimate of drug-likeness (QED) is 0.746. The SMILES string of the molecule is COCc1cc(NC(=O)CN(C)S(C)(=O)=O)cc(C(=O)O)c1. The Labute approximate surface area is 128 Å². The number of ether oxygens (including phenoxy) is 1. The lowest BCUT2D eigenvalue weighted by Gasteiger charge is -2.14. The number of nitrogens with one attached hydrogen (secondary N) is 1. The minimum absolute atomic E-state index is 0.00122. The van der Waals surface area contributed by atoms with Crippen molar-refractivity contribution in [3.8, 4) is 0 Å². The van der Waals surface area contributed by atoms with Crippen LogP contribution in [0.5, 0.6) is 0 Å². The van der Waals surface area contributed by atoms with Gasteiger partial charge in [-0.1, -0.05) is 0 Å². The van der Waals surface area contributed by atoms with Gasteiger partial charge in [0.1, 0.15) is 0 Å². The Morgan fingerprint density at radius 1 is 1.32 bits per heavy atom. The van der Waals surface area contributed by atoms with Crippen LogP contribution in [0.2, 0.25) is 0 Å². The average Bonchev–Trinajstić information content (AvgIpc) is 2.37. The third kappa shape index (κ3) is 5.43. The number of methoxy groups -OCH3 is 1. The fourth-order valence-corrected chi connectivity index (χ4v) is 2.01. The molecule has 0 heterocycles. The van der Waals surface area contributed by atoms with Gasteiger partial charge in [0.15, 0.2) is 0 Å². The Balaban J connectivity index is 2.92. The maximum Gasteiger partial charge on any atom is 0.335 e. The molecular formula is C13H18N2O6S. The summed E-state index contributed by atoms with van der Waals surface area (Å²) in [6.07, 6.45) is 0.988. The molecule has 0 atom stereocenters. The monoisotopic (exact) mass is 330 g/mol. The zero-order chi connectivity index (χ0) is 16.9. The molecule has 0 radical (unpaired) electrons. The highest BCUT2D eigenvalue weighted by Gasteiger charge is 2.16. The Bertz CT molecular complexity index is 671. The van der Waals surface area contributed by atoms with Gasteiger partial charge in [-0.15, -0.1) is 0 Å². The number of carboxylic acids is 1. The van der Waals surface area contributed by atoms with Gasteiger partial charge < -0.3 is 15.2 Å². The highest BCUT2D eigenvalue weighted by atomic mass is 32.2. The summed E-state index contributed by atoms with van der Waals surface area (Å²) in [5.74, 6) is -1.71. The van der Waals surface area contributed by atoms with Crippen molar-refractivity contribution in [3.05, 3.63) is 29.3 Å². The molecule has 0 saturated heterocycles. The first-order chi connectivity index (χ1) is 10.1. The van der Waals surface area contributed by atoms with E-state index >= 15 is 0 Å². The van der Waals surface area contributed by atoms with E-state index in [2.05, 4.69) is 5.32 Å². The predicted octanol–water partition coefficient (Wildman–Crippen LogP) is 0.361. The van der Waals surface area contributed by atoms with Crippen LogP contribution >= 0.6 is 0 Å². The van der Waals surface area contributed by atoms with Gasteiger partial charge in [-0.25, -0.2) is 13.2 Å². The van der Waals surface area contributed by atoms with E-state index in [0.717, 1.165) is 10.6 Å². The first kappa shape index (κ1) is 18.1. The Morgan fingerprint density at radius 3 is 2.45 bits per heavy atom. The summed E-state index contributed by atoms with van der Waals surface area (Å²) in [6, 6.07) is 4.29. The molecule has 1 aromatic rings. The Morgan fingerprint density at radius 2 is 1.95 bits per heavy atom. The van der Waals surface area contributed by atoms with E-state index < -0.39 is 21.9 Å². The van der Waals surface area contributed by atoms with Gasteiger partial charge in [0, 0.05) is 19.8 Å². The van der Waals surface area contributed by atoms with E-state index in [9.17, 15) is 18.0 Å². The third-order valence-corrected chi connectivity index (χ3v) is 4.03. The zero-order valence-corrected chi connectivity index (χ0v) is 13.3. The molecule has 0 bridgehead atoms. The van der Waals surface area contributed by atoms with Crippen molar-refractivity contribution in [1.82, 2.24) is 4.31 Å². The van der Waals surface area contributed by atoms with Gasteiger partial charge >= 0.3 is 5.97 Å². The minimum Gasteiger partial charge on any atom is -0.478 e. The molecule has 0 aromatic heterocycles. The van der Waals surface area contributed by atoms with Crippen LogP contribution in [0.1, 0.15) is 15.9 Å². The molecule has 22 heavy (non-hydrogen) atoms. The predicted molar refractivity (Wildman–Crippen MR) is 80.2 cm³/mol. The molecule has 0 saturated carbocycles. The number of likely N-dealkylation sites (N-methyl/N-ethyl adjacent to an activating group) is 1. The smallest absolute Gasteiger partial charge is 0.335 e. The number of carbonyl (C=O) groups excluding carboxylic acids is 1. The maximum atomic E-state index is 11.8. The molecule has 0 aliphatic heterocycles. The van der Waals surface area contributed by atoms with Crippen molar-refractivity contribution in [2.75, 3.05) is 32.3 Å². The van der Waals surface area contributed by atoms with Crippen LogP contribution in [0.25, 0.3) is 0 Å². The highest BCUT2D eigenvalue weighted by molar-refractivity contribution is 7.88. The fraction of sp³-hybridized carbons (Fsp3) is 0.385. The van der Waals surface area contributed by atoms with Crippen LogP contribution < -0.4 is 5.32 Å². The fourth-order valence-electron chi connectivity index (χ4n) is 1.66. The van der Waals surface area contributed by atoms with Crippen LogP contribution in [-0.2, 0) is 26.2 Å². The van der Waals surface area contributed by atoms with Gasteiger partial charge in [0.05, 0.1) is 25.0 Å². The van der Waals surface area contributed by atoms with E-state index in [4.69, 9.17) is 9.84 Å². The summed E-state index contributed by atoms with van der Waals surface area (Å²) >= 11 is 0. The van der Waals surface area contributed by atoms with E-state index in [1.165, 1.54) is 26.3 Å². The average molecular weight is 330 g/mol. The summed E-state index contributed by atoms with van der Waals surface area (Å²) in [6.45, 7) is -0.178. The number of amides is 1. The number of carboxylic acid groups (broad SMARTS) is 1. The summed E-state index contributed by atoms with van der Waals surface area (Å²) in [4.78, 5) is 22.9. The molecule has 0 unspecified atom stereocenters. The molecule has 0 aliphatic carbocycles. The number of sulfonamides is 1. The van der Waals surface area contributed by atoms with Crippen molar-refractivity contribution in [3.63, 3.8) is 0 Å². The standard InChI is InChI=1S/C13H18N2O6S/c1-15(22(3,19)20)7-12(16)14-11-5-9(8-21-2)4-10(6-11)13(17)18/h4-6H,7-8H2,1-3H3,(H,14,16)(H,17,18). The normalized spacial score (nSPS) is 11.5. The summed E-state index contributed by atoms with van der Waals surface area (Å²) < 4.78 is 28.3. The van der Waals surface area contributed by atoms with Crippen LogP contribution in [-0.4, -0.2) is 56.7 Å². The highest BCUT2D eigenvalue weighted by Crippen LogP contribution is 2.16. The lowest BCUT2D eigenvalue weighted by atomic mass is 10.1. The van der Waals surface area contributed by atoms with Crippen molar-refractivity contribution in [2.45, 2.75) is 6.61 Å². The summed E-state index contributed by atoms with van der Waals surface area (Å²) in [5.41, 5.74) is 0.842. The van der Waals surface area contributed by atoms with E-state index in [1.54, 1.807) is 6.07 Å². The molecule has 1 amide bonds. The molecule has 1 aromatic carbocycles. The number of anilines is 1. The van der Waals surface area contributed by atoms with Crippen LogP contribution in [0.4, 0.5) is 5.69 Å². The van der Waals surface area contributed by atoms with Gasteiger partial charge in [0.2, 0.25) is 15.9 Å². The molecule has 9 heteroatoms. The van der Waals surface area contributed by atoms with Gasteiger partial charge in [0.25, 0.3) is 0 Å². The molecule has 0 aliphatic rings. The topological polar surface area (TPSA) is 113 Å². The first-order valence-electron chi connectivity index (χ1n) is 6.21. The zero-order valence-electron chi connectivity index (χ0n) is 12.5. The molecule has 0 fully saturated rings. The second-order valence-corrected chi connectivity index (χ2v) is 6.81. The van der Waals surface area contributed by atoms with Crippen molar-refractivity contribution in [1.29, 1.82) is 0 Å². The number of hydrogen-bond acceptors (Lipinski definition) is 5. The molecule has 1 rings (SSSR count). The molecular weight excluding hydrogens is 312 g/mol. The minimum atomic E-state index is -3.47. The Hall–Kier alpha value is -1.97. The maximum absolute atomic E-state index is 11.8. The van der Waals surface area contributed by atoms with Gasteiger partial charge in [-0.3, -0.25) is 4.79 Å². The van der Waals surface area contributed by atoms with Crippen LogP contribution in [0, 0.1) is 0 Å². The first-order valence-corrected chi connectivity index (χ1v) is 8.05. The van der Waals surface area contributed by atoms with Gasteiger partial charge in [-0.05, 0) is 23.8 Å². The molecule has 8 nitrogen and oxygen atoms in total. The van der Waals surface area contributed by atoms with E-state index in [0.29, 0.717) is 5.56 Å². The summed E-state index contributed by atoms with van der Waals surface area (Å²) in [7, 11) is -0.728. The molecule has 122 valence electrons. The number of carbonyl (C=O) groups is 2. The summed E-state index contributed by atoms with van der Waals surface area (Å²) in [5, 5.41) is 11.5. The third-order valence-electron chi connectivity index (χ3n) is 2.77. The number of benzene rings is 1. The number of nitrogens with zero attached hydrogens (tertiary/aromatic N) is 1. The largest absolute Gasteiger partial charge is 0.478 e. The van der Waals surface area contributed by atoms with E-state index in [-0.39, 0.29) is 24.4 Å². The number of hydrogen-bond donors (Lipinski definition) is 2. The number of aromatic carboxylic acids is 1. The van der Waals surface area contributed by atoms with Gasteiger partial charge in [-0.2, -0.15) is 4.31 Å². The van der Waals surface area contributed by atoms with Crippen LogP contribution in [0.15, 0.2) is 18.2 Å². The lowest BCUT2D eigenvalue weighted by molar-refractivity contribution is -0.116. The van der Waals surface area contributed by atoms with Crippen LogP contribution in [0.3, 0.4) is 0 Å². The Kier molecular flexibility index (Phi) is 6.03. The van der Waals surface area contributed by atoms with Crippen molar-refractivity contribution < 1.29 is 27.9 Å². The molecule has 2 N–H and O–H groups in total. The second kappa shape index (κ2) is 7.34. The number of rotatable bonds is 7. The van der Waals surface area contributed by atoms with Crippen molar-refractivity contribution in [2.24, 2.45) is 0 Å². The molecule has 0 spiro atoms. The second-order valence-electron chi connectivity index (χ2n) is 4.72. The lowest BCUT2D eigenvalue weighted by Crippen LogP contribution is -2.34. The van der Waals surface area contributed by atoms with Crippen molar-refractivity contribution >= 4 is 27.6 Å². The van der Waals surface area contributed by atoms with E-state index in [1.807, 2.05) is 0 Å².